The Balaban J connectivity index is 1.76. The van der Waals surface area contributed by atoms with Gasteiger partial charge in [-0.3, -0.25) is 9.10 Å². The molecule has 1 N–H and O–H groups in total. The van der Waals surface area contributed by atoms with Gasteiger partial charge < -0.3 is 5.32 Å². The van der Waals surface area contributed by atoms with Crippen molar-refractivity contribution in [1.82, 2.24) is 0 Å². The van der Waals surface area contributed by atoms with E-state index in [0.717, 1.165) is 16.7 Å². The fourth-order valence-electron chi connectivity index (χ4n) is 3.73. The first-order chi connectivity index (χ1) is 14.7. The topological polar surface area (TPSA) is 66.5 Å². The number of rotatable bonds is 4. The van der Waals surface area contributed by atoms with E-state index in [4.69, 9.17) is 11.6 Å². The number of nitrogens with zero attached hydrogens (tertiary/aromatic N) is 1. The van der Waals surface area contributed by atoms with Crippen molar-refractivity contribution >= 4 is 38.9 Å². The Bertz CT molecular complexity index is 1290. The SMILES string of the molecule is Cc1ccc(Cl)cc1NC(=O)CN1c2ccc(C(C)C)cc2-c2ccccc2S1(=O)=O. The predicted octanol–water partition coefficient (Wildman–Crippen LogP) is 5.59. The van der Waals surface area contributed by atoms with Crippen LogP contribution in [0.4, 0.5) is 11.4 Å². The third-order valence-electron chi connectivity index (χ3n) is 5.46. The maximum atomic E-state index is 13.4. The third-order valence-corrected chi connectivity index (χ3v) is 7.52. The Hall–Kier alpha value is -2.83. The normalized spacial score (nSPS) is 14.2. The Labute approximate surface area is 187 Å². The Morgan fingerprint density at radius 2 is 1.77 bits per heavy atom. The molecule has 0 fully saturated rings. The van der Waals surface area contributed by atoms with Crippen molar-refractivity contribution in [3.05, 3.63) is 76.8 Å². The second-order valence-electron chi connectivity index (χ2n) is 7.95. The molecule has 0 saturated heterocycles. The number of aryl methyl sites for hydroxylation is 1. The van der Waals surface area contributed by atoms with E-state index in [2.05, 4.69) is 19.2 Å². The number of nitrogens with one attached hydrogen (secondary N) is 1. The van der Waals surface area contributed by atoms with Crippen molar-refractivity contribution in [2.75, 3.05) is 16.2 Å². The first-order valence-electron chi connectivity index (χ1n) is 10.0. The van der Waals surface area contributed by atoms with Gasteiger partial charge in [0, 0.05) is 21.8 Å². The quantitative estimate of drug-likeness (QED) is 0.559. The van der Waals surface area contributed by atoms with E-state index in [1.807, 2.05) is 31.2 Å². The lowest BCUT2D eigenvalue weighted by atomic mass is 9.95. The molecule has 0 saturated carbocycles. The Morgan fingerprint density at radius 1 is 1.03 bits per heavy atom. The second kappa shape index (κ2) is 8.02. The summed E-state index contributed by atoms with van der Waals surface area (Å²) in [6.07, 6.45) is 0. The van der Waals surface area contributed by atoms with Gasteiger partial charge in [-0.05, 0) is 54.3 Å². The van der Waals surface area contributed by atoms with Crippen LogP contribution in [-0.4, -0.2) is 20.9 Å². The zero-order valence-corrected chi connectivity index (χ0v) is 19.1. The highest BCUT2D eigenvalue weighted by molar-refractivity contribution is 7.93. The van der Waals surface area contributed by atoms with Crippen LogP contribution in [0.1, 0.15) is 30.9 Å². The molecule has 7 heteroatoms. The van der Waals surface area contributed by atoms with E-state index >= 15 is 0 Å². The zero-order chi connectivity index (χ0) is 22.3. The van der Waals surface area contributed by atoms with Crippen molar-refractivity contribution in [2.24, 2.45) is 0 Å². The molecule has 0 atom stereocenters. The average molecular weight is 455 g/mol. The van der Waals surface area contributed by atoms with E-state index in [-0.39, 0.29) is 11.4 Å². The molecule has 1 amide bonds. The Kier molecular flexibility index (Phi) is 5.54. The number of fused-ring (bicyclic) bond motifs is 3. The van der Waals surface area contributed by atoms with Crippen molar-refractivity contribution in [2.45, 2.75) is 31.6 Å². The summed E-state index contributed by atoms with van der Waals surface area (Å²) in [5, 5.41) is 3.28. The minimum atomic E-state index is -3.89. The van der Waals surface area contributed by atoms with Crippen LogP contribution in [-0.2, 0) is 14.8 Å². The first-order valence-corrected chi connectivity index (χ1v) is 11.8. The highest BCUT2D eigenvalue weighted by atomic mass is 35.5. The van der Waals surface area contributed by atoms with Crippen LogP contribution < -0.4 is 9.62 Å². The van der Waals surface area contributed by atoms with Gasteiger partial charge in [0.2, 0.25) is 5.91 Å². The zero-order valence-electron chi connectivity index (χ0n) is 17.5. The molecule has 0 aliphatic carbocycles. The smallest absolute Gasteiger partial charge is 0.265 e. The molecule has 0 aromatic heterocycles. The molecule has 1 aliphatic heterocycles. The number of halogens is 1. The minimum Gasteiger partial charge on any atom is -0.324 e. The average Bonchev–Trinajstić information content (AvgIpc) is 2.73. The number of sulfonamides is 1. The Morgan fingerprint density at radius 3 is 2.52 bits per heavy atom. The highest BCUT2D eigenvalue weighted by Crippen LogP contribution is 2.44. The fourth-order valence-corrected chi connectivity index (χ4v) is 5.55. The van der Waals surface area contributed by atoms with Gasteiger partial charge in [0.25, 0.3) is 10.0 Å². The first kappa shape index (κ1) is 21.4. The third kappa shape index (κ3) is 3.93. The van der Waals surface area contributed by atoms with Gasteiger partial charge in [0.05, 0.1) is 10.6 Å². The summed E-state index contributed by atoms with van der Waals surface area (Å²) < 4.78 is 28.0. The second-order valence-corrected chi connectivity index (χ2v) is 10.2. The van der Waals surface area contributed by atoms with Crippen LogP contribution >= 0.6 is 11.6 Å². The number of hydrogen-bond donors (Lipinski definition) is 1. The van der Waals surface area contributed by atoms with Gasteiger partial charge in [-0.2, -0.15) is 0 Å². The molecule has 5 nitrogen and oxygen atoms in total. The van der Waals surface area contributed by atoms with Gasteiger partial charge >= 0.3 is 0 Å². The maximum absolute atomic E-state index is 13.4. The maximum Gasteiger partial charge on any atom is 0.265 e. The molecule has 31 heavy (non-hydrogen) atoms. The summed E-state index contributed by atoms with van der Waals surface area (Å²) in [5.41, 5.74) is 4.47. The van der Waals surface area contributed by atoms with Crippen LogP contribution in [0.3, 0.4) is 0 Å². The van der Waals surface area contributed by atoms with Gasteiger partial charge in [0.1, 0.15) is 6.54 Å². The number of anilines is 2. The summed E-state index contributed by atoms with van der Waals surface area (Å²) in [5.74, 6) is -0.147. The molecule has 4 rings (SSSR count). The molecular formula is C24H23ClN2O3S. The van der Waals surface area contributed by atoms with Crippen LogP contribution in [0.15, 0.2) is 65.6 Å². The predicted molar refractivity (Wildman–Crippen MR) is 125 cm³/mol. The molecule has 160 valence electrons. The van der Waals surface area contributed by atoms with Crippen molar-refractivity contribution in [3.8, 4) is 11.1 Å². The monoisotopic (exact) mass is 454 g/mol. The van der Waals surface area contributed by atoms with Gasteiger partial charge in [-0.15, -0.1) is 0 Å². The largest absolute Gasteiger partial charge is 0.324 e. The van der Waals surface area contributed by atoms with Crippen LogP contribution in [0.5, 0.6) is 0 Å². The van der Waals surface area contributed by atoms with E-state index in [0.29, 0.717) is 27.9 Å². The minimum absolute atomic E-state index is 0.204. The fraction of sp³-hybridized carbons (Fsp3) is 0.208. The molecule has 3 aromatic rings. The van der Waals surface area contributed by atoms with Crippen LogP contribution in [0.2, 0.25) is 5.02 Å². The van der Waals surface area contributed by atoms with E-state index in [9.17, 15) is 13.2 Å². The molecule has 0 bridgehead atoms. The molecule has 1 aliphatic rings. The van der Waals surface area contributed by atoms with Crippen molar-refractivity contribution < 1.29 is 13.2 Å². The van der Waals surface area contributed by atoms with Gasteiger partial charge in [-0.1, -0.05) is 55.8 Å². The van der Waals surface area contributed by atoms with Gasteiger partial charge in [0.15, 0.2) is 0 Å². The van der Waals surface area contributed by atoms with E-state index in [1.165, 1.54) is 4.31 Å². The summed E-state index contributed by atoms with van der Waals surface area (Å²) in [7, 11) is -3.89. The lowest BCUT2D eigenvalue weighted by Gasteiger charge is -2.32. The van der Waals surface area contributed by atoms with Crippen molar-refractivity contribution in [3.63, 3.8) is 0 Å². The van der Waals surface area contributed by atoms with Crippen LogP contribution in [0.25, 0.3) is 11.1 Å². The number of carbonyl (C=O) groups excluding carboxylic acids is 1. The highest BCUT2D eigenvalue weighted by Gasteiger charge is 2.36. The molecular weight excluding hydrogens is 432 g/mol. The molecule has 0 spiro atoms. The molecule has 1 heterocycles. The van der Waals surface area contributed by atoms with E-state index in [1.54, 1.807) is 36.4 Å². The summed E-state index contributed by atoms with van der Waals surface area (Å²) >= 11 is 6.04. The lowest BCUT2D eigenvalue weighted by molar-refractivity contribution is -0.114. The summed E-state index contributed by atoms with van der Waals surface area (Å²) in [6.45, 7) is 5.69. The molecule has 3 aromatic carbocycles. The van der Waals surface area contributed by atoms with Crippen LogP contribution in [0, 0.1) is 6.92 Å². The summed E-state index contributed by atoms with van der Waals surface area (Å²) in [4.78, 5) is 13.1. The number of benzene rings is 3. The van der Waals surface area contributed by atoms with Gasteiger partial charge in [-0.25, -0.2) is 8.42 Å². The number of carbonyl (C=O) groups is 1. The summed E-state index contributed by atoms with van der Waals surface area (Å²) in [6, 6.07) is 17.8. The standard InChI is InChI=1S/C24H23ClN2O3S/c1-15(2)17-9-11-22-20(12-17)19-6-4-5-7-23(19)31(29,30)27(22)14-24(28)26-21-13-18(25)10-8-16(21)3/h4-13,15H,14H2,1-3H3,(H,26,28). The molecule has 0 radical (unpaired) electrons. The van der Waals surface area contributed by atoms with E-state index < -0.39 is 15.9 Å². The number of hydrogen-bond acceptors (Lipinski definition) is 3. The van der Waals surface area contributed by atoms with Crippen molar-refractivity contribution in [1.29, 1.82) is 0 Å². The molecule has 0 unspecified atom stereocenters. The number of amides is 1. The lowest BCUT2D eigenvalue weighted by Crippen LogP contribution is -2.40.